The number of carbonyl (C=O) groups excluding carboxylic acids is 1. The summed E-state index contributed by atoms with van der Waals surface area (Å²) in [5.74, 6) is 0.449. The van der Waals surface area contributed by atoms with Gasteiger partial charge in [0.25, 0.3) is 6.20 Å². The van der Waals surface area contributed by atoms with Crippen LogP contribution >= 0.6 is 23.1 Å². The van der Waals surface area contributed by atoms with Crippen LogP contribution in [0.4, 0.5) is 5.88 Å². The van der Waals surface area contributed by atoms with E-state index in [0.29, 0.717) is 12.4 Å². The number of hydrogen-bond acceptors (Lipinski definition) is 7. The lowest BCUT2D eigenvalue weighted by atomic mass is 10.6. The van der Waals surface area contributed by atoms with Crippen molar-refractivity contribution in [2.75, 3.05) is 11.1 Å². The van der Waals surface area contributed by atoms with Crippen molar-refractivity contribution in [3.63, 3.8) is 0 Å². The summed E-state index contributed by atoms with van der Waals surface area (Å²) in [6.45, 7) is 4.50. The molecule has 1 N–H and O–H groups in total. The Balaban J connectivity index is 1.81. The molecule has 0 bridgehead atoms. The minimum absolute atomic E-state index is 0.160. The van der Waals surface area contributed by atoms with Gasteiger partial charge in [0.2, 0.25) is 11.2 Å². The number of aryl methyl sites for hydroxylation is 2. The van der Waals surface area contributed by atoms with E-state index in [0.717, 1.165) is 9.35 Å². The van der Waals surface area contributed by atoms with Gasteiger partial charge in [0, 0.05) is 0 Å². The van der Waals surface area contributed by atoms with E-state index in [9.17, 15) is 4.79 Å². The Hall–Kier alpha value is -1.48. The molecule has 0 aliphatic rings. The molecule has 0 fully saturated rings. The number of thioether (sulfide) groups is 1. The molecular weight excluding hydrogens is 274 g/mol. The third-order valence-corrected chi connectivity index (χ3v) is 3.90. The third kappa shape index (κ3) is 3.50. The van der Waals surface area contributed by atoms with Crippen LogP contribution in [0.2, 0.25) is 0 Å². The molecule has 0 aliphatic heterocycles. The molecule has 0 radical (unpaired) electrons. The van der Waals surface area contributed by atoms with Crippen LogP contribution in [-0.2, 0) is 11.3 Å². The summed E-state index contributed by atoms with van der Waals surface area (Å²) < 4.78 is 7.30. The summed E-state index contributed by atoms with van der Waals surface area (Å²) in [5.41, 5.74) is 0. The lowest BCUT2D eigenvalue weighted by Gasteiger charge is -1.96. The van der Waals surface area contributed by atoms with Gasteiger partial charge < -0.3 is 0 Å². The summed E-state index contributed by atoms with van der Waals surface area (Å²) in [6.07, 6.45) is 1.64. The highest BCUT2D eigenvalue weighted by molar-refractivity contribution is 8.01. The zero-order valence-corrected chi connectivity index (χ0v) is 11.5. The highest BCUT2D eigenvalue weighted by Crippen LogP contribution is 2.21. The quantitative estimate of drug-likeness (QED) is 0.648. The van der Waals surface area contributed by atoms with E-state index in [1.165, 1.54) is 23.1 Å². The predicted molar refractivity (Wildman–Crippen MR) is 66.4 cm³/mol. The van der Waals surface area contributed by atoms with Crippen molar-refractivity contribution in [2.45, 2.75) is 24.7 Å². The Morgan fingerprint density at radius 3 is 3.06 bits per heavy atom. The molecule has 9 heteroatoms. The summed E-state index contributed by atoms with van der Waals surface area (Å²) in [5, 5.41) is 15.0. The second-order valence-corrected chi connectivity index (χ2v) is 5.75. The van der Waals surface area contributed by atoms with Crippen molar-refractivity contribution in [1.82, 2.24) is 15.5 Å². The molecule has 0 atom stereocenters. The average molecular weight is 286 g/mol. The maximum atomic E-state index is 11.6. The molecule has 0 unspecified atom stereocenters. The fourth-order valence-corrected chi connectivity index (χ4v) is 2.74. The number of carbonyl (C=O) groups is 1. The number of anilines is 1. The van der Waals surface area contributed by atoms with Crippen LogP contribution in [-0.4, -0.2) is 27.1 Å². The van der Waals surface area contributed by atoms with E-state index in [1.807, 2.05) is 13.8 Å². The monoisotopic (exact) mass is 286 g/mol. The first-order chi connectivity index (χ1) is 8.67. The molecule has 2 aromatic rings. The normalized spacial score (nSPS) is 10.6. The van der Waals surface area contributed by atoms with Gasteiger partial charge >= 0.3 is 5.88 Å². The molecule has 18 heavy (non-hydrogen) atoms. The molecule has 1 amide bonds. The minimum atomic E-state index is -0.160. The van der Waals surface area contributed by atoms with Crippen molar-refractivity contribution in [3.8, 4) is 0 Å². The largest absolute Gasteiger partial charge is 0.302 e. The molecule has 0 spiro atoms. The van der Waals surface area contributed by atoms with Gasteiger partial charge in [0.05, 0.1) is 5.75 Å². The predicted octanol–water partition coefficient (Wildman–Crippen LogP) is 0.873. The highest BCUT2D eigenvalue weighted by atomic mass is 32.2. The van der Waals surface area contributed by atoms with Gasteiger partial charge in [-0.1, -0.05) is 27.8 Å². The van der Waals surface area contributed by atoms with Crippen LogP contribution in [0, 0.1) is 6.92 Å². The highest BCUT2D eigenvalue weighted by Gasteiger charge is 2.13. The van der Waals surface area contributed by atoms with E-state index in [2.05, 4.69) is 20.8 Å². The van der Waals surface area contributed by atoms with Crippen molar-refractivity contribution < 1.29 is 14.0 Å². The first-order valence-corrected chi connectivity index (χ1v) is 7.06. The first-order valence-electron chi connectivity index (χ1n) is 5.26. The lowest BCUT2D eigenvalue weighted by Crippen LogP contribution is -2.32. The van der Waals surface area contributed by atoms with E-state index in [1.54, 1.807) is 10.9 Å². The number of hydrogen-bond donors (Lipinski definition) is 1. The average Bonchev–Trinajstić information content (AvgIpc) is 2.95. The SMILES string of the molecule is CC[n+]1cc(NC(=O)CSc2nnc(C)s2)on1. The Morgan fingerprint density at radius 2 is 2.44 bits per heavy atom. The molecular formula is C9H12N5O2S2+. The molecule has 2 aromatic heterocycles. The van der Waals surface area contributed by atoms with Crippen LogP contribution < -0.4 is 10.00 Å². The van der Waals surface area contributed by atoms with Gasteiger partial charge in [-0.2, -0.15) is 0 Å². The number of aromatic nitrogens is 4. The van der Waals surface area contributed by atoms with Gasteiger partial charge in [0.15, 0.2) is 10.9 Å². The third-order valence-electron chi connectivity index (χ3n) is 1.93. The van der Waals surface area contributed by atoms with Crippen LogP contribution in [0.5, 0.6) is 0 Å². The van der Waals surface area contributed by atoms with Gasteiger partial charge in [-0.25, -0.2) is 0 Å². The number of nitrogens with zero attached hydrogens (tertiary/aromatic N) is 4. The molecule has 0 saturated carbocycles. The maximum Gasteiger partial charge on any atom is 0.302 e. The molecule has 0 saturated heterocycles. The fraction of sp³-hybridized carbons (Fsp3) is 0.444. The summed E-state index contributed by atoms with van der Waals surface area (Å²) in [7, 11) is 0. The van der Waals surface area contributed by atoms with Gasteiger partial charge in [0.1, 0.15) is 5.01 Å². The summed E-state index contributed by atoms with van der Waals surface area (Å²) in [4.78, 5) is 11.6. The number of rotatable bonds is 5. The number of amides is 1. The van der Waals surface area contributed by atoms with E-state index in [-0.39, 0.29) is 11.7 Å². The first kappa shape index (κ1) is 13.0. The topological polar surface area (TPSA) is 84.8 Å². The van der Waals surface area contributed by atoms with E-state index >= 15 is 0 Å². The van der Waals surface area contributed by atoms with E-state index in [4.69, 9.17) is 4.52 Å². The van der Waals surface area contributed by atoms with Crippen LogP contribution in [0.15, 0.2) is 15.1 Å². The maximum absolute atomic E-state index is 11.6. The van der Waals surface area contributed by atoms with Crippen molar-refractivity contribution >= 4 is 34.9 Å². The van der Waals surface area contributed by atoms with Crippen LogP contribution in [0.3, 0.4) is 0 Å². The molecule has 0 aliphatic carbocycles. The van der Waals surface area contributed by atoms with E-state index < -0.39 is 0 Å². The summed E-state index contributed by atoms with van der Waals surface area (Å²) >= 11 is 2.81. The second kappa shape index (κ2) is 5.91. The minimum Gasteiger partial charge on any atom is -0.288 e. The molecule has 2 heterocycles. The van der Waals surface area contributed by atoms with Crippen molar-refractivity contribution in [3.05, 3.63) is 11.2 Å². The second-order valence-electron chi connectivity index (χ2n) is 3.35. The fourth-order valence-electron chi connectivity index (χ4n) is 1.12. The Labute approximate surface area is 112 Å². The number of nitrogens with one attached hydrogen (secondary N) is 1. The van der Waals surface area contributed by atoms with Crippen LogP contribution in [0.1, 0.15) is 11.9 Å². The Bertz CT molecular complexity index is 539. The standard InChI is InChI=1S/C9H11N5O2S2/c1-3-14-4-8(16-13-14)10-7(15)5-17-9-12-11-6(2)18-9/h4H,3,5H2,1-2H3/p+1. The zero-order chi connectivity index (χ0) is 13.0. The Kier molecular flexibility index (Phi) is 4.26. The zero-order valence-electron chi connectivity index (χ0n) is 9.91. The lowest BCUT2D eigenvalue weighted by molar-refractivity contribution is -0.759. The molecule has 96 valence electrons. The molecule has 0 aromatic carbocycles. The van der Waals surface area contributed by atoms with Gasteiger partial charge in [-0.3, -0.25) is 14.6 Å². The Morgan fingerprint density at radius 1 is 1.61 bits per heavy atom. The van der Waals surface area contributed by atoms with Gasteiger partial charge in [-0.15, -0.1) is 10.2 Å². The van der Waals surface area contributed by atoms with Gasteiger partial charge in [-0.05, 0) is 13.8 Å². The smallest absolute Gasteiger partial charge is 0.288 e. The summed E-state index contributed by atoms with van der Waals surface area (Å²) in [6, 6.07) is 0. The van der Waals surface area contributed by atoms with Crippen molar-refractivity contribution in [1.29, 1.82) is 0 Å². The van der Waals surface area contributed by atoms with Crippen molar-refractivity contribution in [2.24, 2.45) is 0 Å². The molecule has 7 nitrogen and oxygen atoms in total. The molecule has 2 rings (SSSR count). The van der Waals surface area contributed by atoms with Crippen LogP contribution in [0.25, 0.3) is 0 Å².